The first-order valence-corrected chi connectivity index (χ1v) is 10.6. The molecule has 2 aliphatic rings. The molecule has 0 N–H and O–H groups in total. The maximum Gasteiger partial charge on any atom is 0.488 e. The molecular formula is C19H26FNO6S. The average molecular weight is 415 g/mol. The molecule has 156 valence electrons. The highest BCUT2D eigenvalue weighted by Crippen LogP contribution is 2.46. The first-order chi connectivity index (χ1) is 13.0. The Balaban J connectivity index is 1.57. The summed E-state index contributed by atoms with van der Waals surface area (Å²) in [5.41, 5.74) is 0.367. The molecule has 1 aromatic rings. The highest BCUT2D eigenvalue weighted by Gasteiger charge is 2.43. The zero-order chi connectivity index (χ0) is 20.6. The van der Waals surface area contributed by atoms with Crippen molar-refractivity contribution in [3.05, 3.63) is 23.8 Å². The van der Waals surface area contributed by atoms with Crippen molar-refractivity contribution in [2.75, 3.05) is 26.2 Å². The van der Waals surface area contributed by atoms with Crippen LogP contribution in [0.1, 0.15) is 45.6 Å². The number of rotatable bonds is 5. The molecule has 1 saturated heterocycles. The van der Waals surface area contributed by atoms with Crippen LogP contribution in [-0.2, 0) is 25.5 Å². The Morgan fingerprint density at radius 3 is 2.57 bits per heavy atom. The van der Waals surface area contributed by atoms with Crippen LogP contribution in [-0.4, -0.2) is 51.1 Å². The van der Waals surface area contributed by atoms with E-state index in [1.807, 2.05) is 20.8 Å². The maximum atomic E-state index is 12.7. The maximum absolute atomic E-state index is 12.7. The van der Waals surface area contributed by atoms with Crippen LogP contribution in [0.25, 0.3) is 0 Å². The molecule has 2 aliphatic heterocycles. The van der Waals surface area contributed by atoms with E-state index in [-0.39, 0.29) is 17.1 Å². The molecule has 0 unspecified atom stereocenters. The number of nitrogens with zero attached hydrogens (tertiary/aromatic N) is 1. The van der Waals surface area contributed by atoms with Crippen molar-refractivity contribution in [1.82, 2.24) is 4.90 Å². The normalized spacial score (nSPS) is 19.1. The third-order valence-corrected chi connectivity index (χ3v) is 5.48. The van der Waals surface area contributed by atoms with E-state index in [0.717, 1.165) is 31.5 Å². The second-order valence-corrected chi connectivity index (χ2v) is 9.33. The van der Waals surface area contributed by atoms with E-state index in [2.05, 4.69) is 9.08 Å². The van der Waals surface area contributed by atoms with Gasteiger partial charge in [-0.3, -0.25) is 4.79 Å². The van der Waals surface area contributed by atoms with E-state index in [0.29, 0.717) is 25.3 Å². The van der Waals surface area contributed by atoms with E-state index in [1.54, 1.807) is 6.07 Å². The molecule has 7 nitrogen and oxygen atoms in total. The summed E-state index contributed by atoms with van der Waals surface area (Å²) in [5.74, 6) is 0.231. The van der Waals surface area contributed by atoms with Gasteiger partial charge in [-0.1, -0.05) is 9.95 Å². The molecule has 0 radical (unpaired) electrons. The van der Waals surface area contributed by atoms with Gasteiger partial charge in [0.2, 0.25) is 0 Å². The van der Waals surface area contributed by atoms with Gasteiger partial charge in [-0.25, -0.2) is 0 Å². The summed E-state index contributed by atoms with van der Waals surface area (Å²) >= 11 is 0. The summed E-state index contributed by atoms with van der Waals surface area (Å²) in [7, 11) is -5.06. The number of ether oxygens (including phenoxy) is 2. The number of esters is 1. The molecule has 0 amide bonds. The molecule has 0 saturated carbocycles. The first-order valence-electron chi connectivity index (χ1n) is 9.31. The molecule has 0 atom stereocenters. The summed E-state index contributed by atoms with van der Waals surface area (Å²) in [6.45, 7) is 8.35. The Kier molecular flexibility index (Phi) is 5.60. The van der Waals surface area contributed by atoms with Crippen molar-refractivity contribution >= 4 is 16.5 Å². The van der Waals surface area contributed by atoms with Crippen LogP contribution in [0.15, 0.2) is 18.2 Å². The molecular weight excluding hydrogens is 389 g/mol. The van der Waals surface area contributed by atoms with Crippen molar-refractivity contribution in [3.8, 4) is 11.5 Å². The van der Waals surface area contributed by atoms with Gasteiger partial charge in [0.25, 0.3) is 0 Å². The molecule has 2 heterocycles. The second kappa shape index (κ2) is 7.51. The van der Waals surface area contributed by atoms with E-state index in [9.17, 15) is 17.1 Å². The topological polar surface area (TPSA) is 82.1 Å². The predicted octanol–water partition coefficient (Wildman–Crippen LogP) is 2.74. The van der Waals surface area contributed by atoms with Gasteiger partial charge in [-0.2, -0.15) is 8.42 Å². The highest BCUT2D eigenvalue weighted by atomic mass is 32.3. The van der Waals surface area contributed by atoms with Crippen LogP contribution in [0.4, 0.5) is 3.89 Å². The summed E-state index contributed by atoms with van der Waals surface area (Å²) in [5, 5.41) is 0. The van der Waals surface area contributed by atoms with Crippen LogP contribution in [0.2, 0.25) is 0 Å². The lowest BCUT2D eigenvalue weighted by Crippen LogP contribution is -2.44. The van der Waals surface area contributed by atoms with E-state index >= 15 is 0 Å². The number of hydrogen-bond donors (Lipinski definition) is 0. The Hall–Kier alpha value is -1.87. The SMILES string of the molecule is CC(C)(C)OC(=O)CCN1CCC2(CC1)COc1cc(OS(=O)(=O)F)ccc12. The first kappa shape index (κ1) is 20.9. The quantitative estimate of drug-likeness (QED) is 0.540. The lowest BCUT2D eigenvalue weighted by Gasteiger charge is -2.38. The number of fused-ring (bicyclic) bond motifs is 2. The standard InChI is InChI=1S/C19H26FNO6S/c1-18(2,3)26-17(22)6-9-21-10-7-19(8-11-21)13-25-16-12-14(4-5-15(16)19)27-28(20,23)24/h4-5,12H,6-11,13H2,1-3H3. The van der Waals surface area contributed by atoms with Crippen molar-refractivity contribution in [2.45, 2.75) is 51.0 Å². The van der Waals surface area contributed by atoms with Crippen LogP contribution < -0.4 is 8.92 Å². The monoisotopic (exact) mass is 415 g/mol. The van der Waals surface area contributed by atoms with Crippen molar-refractivity contribution < 1.29 is 30.8 Å². The third kappa shape index (κ3) is 5.14. The fourth-order valence-electron chi connectivity index (χ4n) is 3.78. The summed E-state index contributed by atoms with van der Waals surface area (Å²) in [6.07, 6.45) is 2.07. The Morgan fingerprint density at radius 1 is 1.29 bits per heavy atom. The lowest BCUT2D eigenvalue weighted by atomic mass is 9.74. The molecule has 1 spiro atoms. The highest BCUT2D eigenvalue weighted by molar-refractivity contribution is 7.81. The minimum atomic E-state index is -5.06. The number of hydrogen-bond acceptors (Lipinski definition) is 7. The Morgan fingerprint density at radius 2 is 1.96 bits per heavy atom. The van der Waals surface area contributed by atoms with E-state index < -0.39 is 16.1 Å². The van der Waals surface area contributed by atoms with Gasteiger partial charge in [0.1, 0.15) is 17.1 Å². The molecule has 9 heteroatoms. The van der Waals surface area contributed by atoms with Gasteiger partial charge < -0.3 is 18.6 Å². The van der Waals surface area contributed by atoms with E-state index in [4.69, 9.17) is 9.47 Å². The molecule has 0 bridgehead atoms. The fraction of sp³-hybridized carbons (Fsp3) is 0.632. The van der Waals surface area contributed by atoms with E-state index in [1.165, 1.54) is 12.1 Å². The van der Waals surface area contributed by atoms with Crippen molar-refractivity contribution in [1.29, 1.82) is 0 Å². The van der Waals surface area contributed by atoms with Crippen molar-refractivity contribution in [3.63, 3.8) is 0 Å². The fourth-order valence-corrected chi connectivity index (χ4v) is 4.11. The summed E-state index contributed by atoms with van der Waals surface area (Å²) in [4.78, 5) is 14.1. The van der Waals surface area contributed by atoms with Crippen molar-refractivity contribution in [2.24, 2.45) is 0 Å². The molecule has 3 rings (SSSR count). The minimum absolute atomic E-state index is 0.104. The molecule has 1 fully saturated rings. The van der Waals surface area contributed by atoms with Crippen LogP contribution in [0.3, 0.4) is 0 Å². The second-order valence-electron chi connectivity index (χ2n) is 8.38. The van der Waals surface area contributed by atoms with Gasteiger partial charge in [-0.05, 0) is 52.8 Å². The number of benzene rings is 1. The summed E-state index contributed by atoms with van der Waals surface area (Å²) in [6, 6.07) is 4.61. The lowest BCUT2D eigenvalue weighted by molar-refractivity contribution is -0.155. The Labute approximate surface area is 165 Å². The predicted molar refractivity (Wildman–Crippen MR) is 100 cm³/mol. The minimum Gasteiger partial charge on any atom is -0.492 e. The average Bonchev–Trinajstić information content (AvgIpc) is 2.89. The number of carbonyl (C=O) groups excluding carboxylic acids is 1. The van der Waals surface area contributed by atoms with Gasteiger partial charge >= 0.3 is 16.5 Å². The largest absolute Gasteiger partial charge is 0.492 e. The van der Waals surface area contributed by atoms with Gasteiger partial charge in [-0.15, -0.1) is 0 Å². The van der Waals surface area contributed by atoms with Gasteiger partial charge in [0.05, 0.1) is 13.0 Å². The van der Waals surface area contributed by atoms with Crippen LogP contribution in [0, 0.1) is 0 Å². The Bertz CT molecular complexity index is 840. The smallest absolute Gasteiger partial charge is 0.488 e. The summed E-state index contributed by atoms with van der Waals surface area (Å²) < 4.78 is 49.4. The number of halogens is 1. The number of carbonyl (C=O) groups is 1. The van der Waals surface area contributed by atoms with Gasteiger partial charge in [0.15, 0.2) is 0 Å². The molecule has 0 aromatic heterocycles. The third-order valence-electron chi connectivity index (χ3n) is 5.09. The molecule has 0 aliphatic carbocycles. The zero-order valence-corrected chi connectivity index (χ0v) is 17.2. The molecule has 28 heavy (non-hydrogen) atoms. The number of piperidine rings is 1. The molecule has 1 aromatic carbocycles. The number of likely N-dealkylation sites (tertiary alicyclic amines) is 1. The zero-order valence-electron chi connectivity index (χ0n) is 16.4. The van der Waals surface area contributed by atoms with Crippen LogP contribution >= 0.6 is 0 Å². The van der Waals surface area contributed by atoms with Crippen LogP contribution in [0.5, 0.6) is 11.5 Å². The van der Waals surface area contributed by atoms with Gasteiger partial charge in [0, 0.05) is 23.6 Å².